The minimum atomic E-state index is -0.213. The fourth-order valence-corrected chi connectivity index (χ4v) is 12.8. The van der Waals surface area contributed by atoms with E-state index in [2.05, 4.69) is 335 Å². The molecule has 1 aromatic heterocycles. The van der Waals surface area contributed by atoms with Crippen LogP contribution >= 0.6 is 0 Å². The van der Waals surface area contributed by atoms with Gasteiger partial charge in [-0.05, 0) is 148 Å². The highest BCUT2D eigenvalue weighted by Crippen LogP contribution is 2.40. The van der Waals surface area contributed by atoms with Crippen LogP contribution in [0.25, 0.3) is 94.3 Å². The van der Waals surface area contributed by atoms with Crippen LogP contribution in [0.5, 0.6) is 0 Å². The smallest absolute Gasteiger partial charge is 0.210 e. The lowest BCUT2D eigenvalue weighted by Crippen LogP contribution is -2.51. The molecule has 0 aliphatic carbocycles. The van der Waals surface area contributed by atoms with Crippen LogP contribution in [0, 0.1) is 0 Å². The number of hydrogen-bond donors (Lipinski definition) is 0. The van der Waals surface area contributed by atoms with Gasteiger partial charge in [0.1, 0.15) is 0 Å². The molecule has 0 aliphatic rings. The van der Waals surface area contributed by atoms with Crippen molar-refractivity contribution in [2.75, 3.05) is 0 Å². The lowest BCUT2D eigenvalue weighted by Gasteiger charge is -2.31. The van der Waals surface area contributed by atoms with Crippen molar-refractivity contribution in [1.29, 1.82) is 0 Å². The summed E-state index contributed by atoms with van der Waals surface area (Å²) in [6.07, 6.45) is 0. The summed E-state index contributed by atoms with van der Waals surface area (Å²) in [5.74, 6) is 0. The fourth-order valence-electron chi connectivity index (χ4n) is 12.8. The van der Waals surface area contributed by atoms with Gasteiger partial charge in [-0.1, -0.05) is 304 Å². The van der Waals surface area contributed by atoms with Crippen molar-refractivity contribution < 1.29 is 0 Å². The van der Waals surface area contributed by atoms with Gasteiger partial charge in [0.2, 0.25) is 13.4 Å². The lowest BCUT2D eigenvalue weighted by atomic mass is 9.36. The highest BCUT2D eigenvalue weighted by molar-refractivity contribution is 6.90. The SMILES string of the molecule is CB(c1cc(C(C)(C)C)cc(B(C)c2c(-c3ccccc3)cc(-c3ccccc3)cc2-c2ccccc2)c1-n1c2ccc(C(C)(C)C)cc2c2cc(C(C)(C)C)ccc21)c1c(-c2ccccc2)cc(-c2ccccc2)cc1-c1ccccc1. The van der Waals surface area contributed by atoms with Gasteiger partial charge < -0.3 is 4.57 Å². The van der Waals surface area contributed by atoms with Gasteiger partial charge in [-0.3, -0.25) is 0 Å². The number of fused-ring (bicyclic) bond motifs is 3. The van der Waals surface area contributed by atoms with Gasteiger partial charge in [0.25, 0.3) is 0 Å². The second-order valence-corrected chi connectivity index (χ2v) is 26.2. The minimum absolute atomic E-state index is 0.0564. The summed E-state index contributed by atoms with van der Waals surface area (Å²) in [4.78, 5) is 0. The van der Waals surface area contributed by atoms with Crippen molar-refractivity contribution in [1.82, 2.24) is 4.57 Å². The summed E-state index contributed by atoms with van der Waals surface area (Å²) in [5, 5.41) is 2.56. The summed E-state index contributed by atoms with van der Waals surface area (Å²) in [5.41, 5.74) is 27.0. The third kappa shape index (κ3) is 10.6. The maximum atomic E-state index is 2.69. The van der Waals surface area contributed by atoms with Crippen LogP contribution in [-0.4, -0.2) is 18.0 Å². The summed E-state index contributed by atoms with van der Waals surface area (Å²) >= 11 is 0. The first-order valence-corrected chi connectivity index (χ1v) is 29.9. The second kappa shape index (κ2) is 21.9. The Morgan fingerprint density at radius 2 is 0.530 bits per heavy atom. The van der Waals surface area contributed by atoms with Gasteiger partial charge >= 0.3 is 0 Å². The van der Waals surface area contributed by atoms with Gasteiger partial charge in [0.05, 0.1) is 11.0 Å². The molecule has 0 spiro atoms. The standard InChI is InChI=1S/C80H75B2N/c1-78(2,3)62-42-44-73-69(50-62)70-51-63(79(4,5)6)43-45-74(70)83(73)77-71(81(10)75-65(56-34-22-14-23-35-56)46-60(54-30-18-12-19-31-54)47-66(75)57-36-24-15-25-37-57)52-64(80(7,8)9)53-72(77)82(11)76-67(58-38-26-16-27-39-58)48-61(55-32-20-13-21-33-55)49-68(76)59-40-28-17-29-41-59/h12-53H,1-11H3. The van der Waals surface area contributed by atoms with Gasteiger partial charge in [-0.2, -0.15) is 0 Å². The molecule has 0 saturated heterocycles. The summed E-state index contributed by atoms with van der Waals surface area (Å²) < 4.78 is 2.69. The van der Waals surface area contributed by atoms with Gasteiger partial charge in [-0.15, -0.1) is 0 Å². The second-order valence-electron chi connectivity index (χ2n) is 26.2. The Hall–Kier alpha value is -8.65. The van der Waals surface area contributed by atoms with Crippen molar-refractivity contribution in [3.8, 4) is 72.4 Å². The zero-order valence-corrected chi connectivity index (χ0v) is 50.4. The van der Waals surface area contributed by atoms with Crippen LogP contribution in [0.4, 0.5) is 0 Å². The number of aromatic nitrogens is 1. The molecule has 0 atom stereocenters. The third-order valence-corrected chi connectivity index (χ3v) is 17.5. The largest absolute Gasteiger partial charge is 0.310 e. The van der Waals surface area contributed by atoms with Crippen LogP contribution in [0.3, 0.4) is 0 Å². The highest BCUT2D eigenvalue weighted by atomic mass is 15.0. The Kier molecular flexibility index (Phi) is 14.5. The van der Waals surface area contributed by atoms with Crippen LogP contribution in [0.2, 0.25) is 13.6 Å². The number of benzene rings is 11. The molecule has 11 aromatic carbocycles. The van der Waals surface area contributed by atoms with Crippen LogP contribution in [0.1, 0.15) is 79.0 Å². The van der Waals surface area contributed by atoms with Crippen molar-refractivity contribution in [3.05, 3.63) is 271 Å². The van der Waals surface area contributed by atoms with E-state index in [-0.39, 0.29) is 29.7 Å². The average Bonchev–Trinajstić information content (AvgIpc) is 2.34. The first kappa shape index (κ1) is 54.9. The normalized spacial score (nSPS) is 12.0. The molecular formula is C80H75B2N. The molecule has 0 unspecified atom stereocenters. The average molecular weight is 1070 g/mol. The zero-order chi connectivity index (χ0) is 57.8. The molecule has 0 radical (unpaired) electrons. The third-order valence-electron chi connectivity index (χ3n) is 17.5. The van der Waals surface area contributed by atoms with Crippen molar-refractivity contribution >= 4 is 57.1 Å². The quantitative estimate of drug-likeness (QED) is 0.114. The van der Waals surface area contributed by atoms with Crippen molar-refractivity contribution in [2.24, 2.45) is 0 Å². The van der Waals surface area contributed by atoms with E-state index < -0.39 is 0 Å². The zero-order valence-electron chi connectivity index (χ0n) is 50.4. The van der Waals surface area contributed by atoms with Crippen LogP contribution < -0.4 is 21.9 Å². The Morgan fingerprint density at radius 3 is 0.795 bits per heavy atom. The molecular weight excluding hydrogens is 997 g/mol. The predicted molar refractivity (Wildman–Crippen MR) is 364 cm³/mol. The minimum Gasteiger partial charge on any atom is -0.310 e. The first-order valence-electron chi connectivity index (χ1n) is 29.9. The molecule has 0 bridgehead atoms. The van der Waals surface area contributed by atoms with Crippen molar-refractivity contribution in [2.45, 2.75) is 92.2 Å². The molecule has 406 valence electrons. The molecule has 0 aliphatic heterocycles. The predicted octanol–water partition coefficient (Wildman–Crippen LogP) is 19.2. The Morgan fingerprint density at radius 1 is 0.265 bits per heavy atom. The molecule has 83 heavy (non-hydrogen) atoms. The van der Waals surface area contributed by atoms with E-state index in [0.29, 0.717) is 0 Å². The first-order chi connectivity index (χ1) is 39.9. The number of rotatable bonds is 11. The van der Waals surface area contributed by atoms with E-state index in [4.69, 9.17) is 0 Å². The maximum Gasteiger partial charge on any atom is 0.210 e. The monoisotopic (exact) mass is 1070 g/mol. The van der Waals surface area contributed by atoms with E-state index in [9.17, 15) is 0 Å². The molecule has 0 saturated carbocycles. The van der Waals surface area contributed by atoms with Crippen LogP contribution in [-0.2, 0) is 16.2 Å². The van der Waals surface area contributed by atoms with E-state index in [1.54, 1.807) is 0 Å². The molecule has 3 heteroatoms. The maximum absolute atomic E-state index is 2.69. The molecule has 1 heterocycles. The summed E-state index contributed by atoms with van der Waals surface area (Å²) in [6.45, 7) is 26.0. The topological polar surface area (TPSA) is 4.93 Å². The molecule has 12 aromatic rings. The van der Waals surface area contributed by atoms with E-state index in [1.807, 2.05) is 0 Å². The Labute approximate surface area is 494 Å². The molecule has 0 N–H and O–H groups in total. The Bertz CT molecular complexity index is 3900. The van der Waals surface area contributed by atoms with E-state index in [1.165, 1.54) is 133 Å². The number of nitrogens with zero attached hydrogens (tertiary/aromatic N) is 1. The summed E-state index contributed by atoms with van der Waals surface area (Å²) in [6, 6.07) is 96.1. The summed E-state index contributed by atoms with van der Waals surface area (Å²) in [7, 11) is 0. The van der Waals surface area contributed by atoms with Crippen molar-refractivity contribution in [3.63, 3.8) is 0 Å². The molecule has 0 fully saturated rings. The highest BCUT2D eigenvalue weighted by Gasteiger charge is 2.35. The van der Waals surface area contributed by atoms with E-state index >= 15 is 0 Å². The van der Waals surface area contributed by atoms with E-state index in [0.717, 1.165) is 0 Å². The van der Waals surface area contributed by atoms with Gasteiger partial charge in [0.15, 0.2) is 0 Å². The molecule has 1 nitrogen and oxygen atoms in total. The number of hydrogen-bond acceptors (Lipinski definition) is 0. The fraction of sp³-hybridized carbons (Fsp3) is 0.175. The Balaban J connectivity index is 1.27. The molecule has 0 amide bonds. The lowest BCUT2D eigenvalue weighted by molar-refractivity contribution is 0.590. The van der Waals surface area contributed by atoms with Gasteiger partial charge in [0, 0.05) is 16.5 Å². The van der Waals surface area contributed by atoms with Crippen LogP contribution in [0.15, 0.2) is 255 Å². The molecule has 12 rings (SSSR count). The van der Waals surface area contributed by atoms with Gasteiger partial charge in [-0.25, -0.2) is 0 Å².